The van der Waals surface area contributed by atoms with Crippen molar-refractivity contribution in [3.63, 3.8) is 0 Å². The molecule has 1 aliphatic rings. The van der Waals surface area contributed by atoms with Crippen LogP contribution in [0.2, 0.25) is 0 Å². The highest BCUT2D eigenvalue weighted by Crippen LogP contribution is 2.18. The maximum Gasteiger partial charge on any atom is 0.305 e. The Morgan fingerprint density at radius 1 is 1.19 bits per heavy atom. The number of carbonyl (C=O) groups excluding carboxylic acids is 1. The van der Waals surface area contributed by atoms with Crippen LogP contribution in [-0.2, 0) is 9.59 Å². The zero-order valence-electron chi connectivity index (χ0n) is 12.1. The van der Waals surface area contributed by atoms with Crippen molar-refractivity contribution in [2.45, 2.75) is 38.1 Å². The zero-order valence-corrected chi connectivity index (χ0v) is 12.1. The second kappa shape index (κ2) is 7.78. The minimum atomic E-state index is -0.891. The van der Waals surface area contributed by atoms with Crippen molar-refractivity contribution >= 4 is 17.6 Å². The number of rotatable bonds is 5. The van der Waals surface area contributed by atoms with Gasteiger partial charge in [0.05, 0.1) is 12.5 Å². The van der Waals surface area contributed by atoms with Crippen LogP contribution in [0.5, 0.6) is 0 Å². The van der Waals surface area contributed by atoms with E-state index in [0.717, 1.165) is 37.9 Å². The van der Waals surface area contributed by atoms with Crippen molar-refractivity contribution in [1.82, 2.24) is 5.32 Å². The molecule has 2 N–H and O–H groups in total. The molecule has 0 aromatic heterocycles. The van der Waals surface area contributed by atoms with Gasteiger partial charge in [-0.1, -0.05) is 31.0 Å². The minimum Gasteiger partial charge on any atom is -0.481 e. The van der Waals surface area contributed by atoms with Gasteiger partial charge in [0, 0.05) is 12.2 Å². The average Bonchev–Trinajstić information content (AvgIpc) is 2.77. The molecule has 5 heteroatoms. The Balaban J connectivity index is 2.13. The number of carbonyl (C=O) groups is 2. The fourth-order valence-corrected chi connectivity index (χ4v) is 2.61. The van der Waals surface area contributed by atoms with Gasteiger partial charge in [0.25, 0.3) is 0 Å². The molecular weight excluding hydrogens is 268 g/mol. The molecule has 2 rings (SSSR count). The lowest BCUT2D eigenvalue weighted by Gasteiger charge is -2.27. The van der Waals surface area contributed by atoms with Crippen LogP contribution in [0.1, 0.15) is 32.1 Å². The third-order valence-corrected chi connectivity index (χ3v) is 3.74. The van der Waals surface area contributed by atoms with Gasteiger partial charge < -0.3 is 15.3 Å². The Morgan fingerprint density at radius 2 is 1.95 bits per heavy atom. The SMILES string of the molecule is O=C(O)CCN(C(=O)C1CCCCCN1)c1ccccc1. The predicted molar refractivity (Wildman–Crippen MR) is 81.3 cm³/mol. The largest absolute Gasteiger partial charge is 0.481 e. The molecule has 0 aliphatic carbocycles. The van der Waals surface area contributed by atoms with Crippen LogP contribution in [0, 0.1) is 0 Å². The minimum absolute atomic E-state index is 0.0237. The topological polar surface area (TPSA) is 69.6 Å². The first-order chi connectivity index (χ1) is 10.2. The molecule has 1 atom stereocenters. The molecule has 0 radical (unpaired) electrons. The van der Waals surface area contributed by atoms with E-state index in [1.165, 1.54) is 0 Å². The number of hydrogen-bond acceptors (Lipinski definition) is 3. The standard InChI is InChI=1S/C16H22N2O3/c19-15(20)10-12-18(13-7-3-1-4-8-13)16(21)14-9-5-2-6-11-17-14/h1,3-4,7-8,14,17H,2,5-6,9-12H2,(H,19,20). The van der Waals surface area contributed by atoms with Gasteiger partial charge in [-0.3, -0.25) is 9.59 Å². The quantitative estimate of drug-likeness (QED) is 0.870. The Kier molecular flexibility index (Phi) is 5.75. The summed E-state index contributed by atoms with van der Waals surface area (Å²) in [6.07, 6.45) is 4.02. The second-order valence-electron chi connectivity index (χ2n) is 5.33. The molecule has 1 aromatic rings. The number of benzene rings is 1. The predicted octanol–water partition coefficient (Wildman–Crippen LogP) is 2.03. The van der Waals surface area contributed by atoms with Crippen LogP contribution in [0.15, 0.2) is 30.3 Å². The van der Waals surface area contributed by atoms with Crippen molar-refractivity contribution in [2.75, 3.05) is 18.0 Å². The van der Waals surface area contributed by atoms with Crippen molar-refractivity contribution in [1.29, 1.82) is 0 Å². The molecule has 1 amide bonds. The summed E-state index contributed by atoms with van der Waals surface area (Å²) < 4.78 is 0. The molecule has 5 nitrogen and oxygen atoms in total. The van der Waals surface area contributed by atoms with Gasteiger partial charge >= 0.3 is 5.97 Å². The molecule has 1 saturated heterocycles. The van der Waals surface area contributed by atoms with E-state index in [9.17, 15) is 9.59 Å². The van der Waals surface area contributed by atoms with E-state index < -0.39 is 5.97 Å². The highest BCUT2D eigenvalue weighted by atomic mass is 16.4. The lowest BCUT2D eigenvalue weighted by atomic mass is 10.1. The van der Waals surface area contributed by atoms with Crippen LogP contribution in [0.25, 0.3) is 0 Å². The summed E-state index contributed by atoms with van der Waals surface area (Å²) in [6.45, 7) is 1.05. The summed E-state index contributed by atoms with van der Waals surface area (Å²) in [4.78, 5) is 25.2. The first-order valence-electron chi connectivity index (χ1n) is 7.50. The van der Waals surface area contributed by atoms with E-state index in [-0.39, 0.29) is 24.9 Å². The monoisotopic (exact) mass is 290 g/mol. The Labute approximate surface area is 125 Å². The van der Waals surface area contributed by atoms with E-state index in [2.05, 4.69) is 5.32 Å². The van der Waals surface area contributed by atoms with E-state index >= 15 is 0 Å². The molecule has 0 spiro atoms. The first-order valence-corrected chi connectivity index (χ1v) is 7.50. The van der Waals surface area contributed by atoms with E-state index in [4.69, 9.17) is 5.11 Å². The highest BCUT2D eigenvalue weighted by Gasteiger charge is 2.26. The van der Waals surface area contributed by atoms with E-state index in [0.29, 0.717) is 0 Å². The molecule has 0 saturated carbocycles. The number of carboxylic acid groups (broad SMARTS) is 1. The lowest BCUT2D eigenvalue weighted by Crippen LogP contribution is -2.47. The summed E-state index contributed by atoms with van der Waals surface area (Å²) in [5.74, 6) is -0.915. The molecule has 1 aromatic carbocycles. The molecule has 1 aliphatic heterocycles. The van der Waals surface area contributed by atoms with Gasteiger partial charge in [0.15, 0.2) is 0 Å². The van der Waals surface area contributed by atoms with E-state index in [1.807, 2.05) is 30.3 Å². The van der Waals surface area contributed by atoms with Crippen LogP contribution >= 0.6 is 0 Å². The second-order valence-corrected chi connectivity index (χ2v) is 5.33. The van der Waals surface area contributed by atoms with Crippen LogP contribution < -0.4 is 10.2 Å². The maximum atomic E-state index is 12.7. The van der Waals surface area contributed by atoms with Crippen LogP contribution in [0.4, 0.5) is 5.69 Å². The number of carboxylic acids is 1. The van der Waals surface area contributed by atoms with Crippen molar-refractivity contribution < 1.29 is 14.7 Å². The molecule has 1 unspecified atom stereocenters. The van der Waals surface area contributed by atoms with Crippen molar-refractivity contribution in [2.24, 2.45) is 0 Å². The van der Waals surface area contributed by atoms with Gasteiger partial charge in [0.2, 0.25) is 5.91 Å². The third kappa shape index (κ3) is 4.56. The fraction of sp³-hybridized carbons (Fsp3) is 0.500. The summed E-state index contributed by atoms with van der Waals surface area (Å²) >= 11 is 0. The molecule has 1 fully saturated rings. The number of hydrogen-bond donors (Lipinski definition) is 2. The smallest absolute Gasteiger partial charge is 0.305 e. The molecule has 0 bridgehead atoms. The average molecular weight is 290 g/mol. The first kappa shape index (κ1) is 15.5. The van der Waals surface area contributed by atoms with Gasteiger partial charge in [0.1, 0.15) is 0 Å². The number of anilines is 1. The summed E-state index contributed by atoms with van der Waals surface area (Å²) in [7, 11) is 0. The third-order valence-electron chi connectivity index (χ3n) is 3.74. The van der Waals surface area contributed by atoms with Gasteiger partial charge in [-0.05, 0) is 31.5 Å². The normalized spacial score (nSPS) is 18.8. The summed E-state index contributed by atoms with van der Waals surface area (Å²) in [5, 5.41) is 12.2. The number of amides is 1. The Morgan fingerprint density at radius 3 is 2.67 bits per heavy atom. The number of nitrogens with zero attached hydrogens (tertiary/aromatic N) is 1. The van der Waals surface area contributed by atoms with Crippen molar-refractivity contribution in [3.05, 3.63) is 30.3 Å². The Bertz CT molecular complexity index is 468. The molecular formula is C16H22N2O3. The molecule has 114 valence electrons. The zero-order chi connectivity index (χ0) is 15.1. The van der Waals surface area contributed by atoms with Gasteiger partial charge in [-0.2, -0.15) is 0 Å². The van der Waals surface area contributed by atoms with Crippen LogP contribution in [-0.4, -0.2) is 36.1 Å². The van der Waals surface area contributed by atoms with Crippen LogP contribution in [0.3, 0.4) is 0 Å². The molecule has 1 heterocycles. The number of aliphatic carboxylic acids is 1. The van der Waals surface area contributed by atoms with Gasteiger partial charge in [-0.25, -0.2) is 0 Å². The number of nitrogens with one attached hydrogen (secondary N) is 1. The highest BCUT2D eigenvalue weighted by molar-refractivity contribution is 5.97. The summed E-state index contributed by atoms with van der Waals surface area (Å²) in [5.41, 5.74) is 0.759. The van der Waals surface area contributed by atoms with Gasteiger partial charge in [-0.15, -0.1) is 0 Å². The summed E-state index contributed by atoms with van der Waals surface area (Å²) in [6, 6.07) is 9.08. The van der Waals surface area contributed by atoms with E-state index in [1.54, 1.807) is 4.90 Å². The molecule has 21 heavy (non-hydrogen) atoms. The maximum absolute atomic E-state index is 12.7. The number of para-hydroxylation sites is 1. The Hall–Kier alpha value is -1.88. The van der Waals surface area contributed by atoms with Crippen molar-refractivity contribution in [3.8, 4) is 0 Å². The fourth-order valence-electron chi connectivity index (χ4n) is 2.61. The lowest BCUT2D eigenvalue weighted by molar-refractivity contribution is -0.136.